The monoisotopic (exact) mass is 437 g/mol. The van der Waals surface area contributed by atoms with Crippen molar-refractivity contribution in [2.24, 2.45) is 0 Å². The molecule has 3 heterocycles. The summed E-state index contributed by atoms with van der Waals surface area (Å²) in [5.74, 6) is 0.299. The summed E-state index contributed by atoms with van der Waals surface area (Å²) in [6, 6.07) is 10.9. The zero-order chi connectivity index (χ0) is 22.1. The third kappa shape index (κ3) is 3.96. The molecule has 0 saturated carbocycles. The van der Waals surface area contributed by atoms with Crippen molar-refractivity contribution in [1.82, 2.24) is 15.2 Å². The second-order valence-electron chi connectivity index (χ2n) is 8.00. The molecule has 2 aromatic rings. The Kier molecular flexibility index (Phi) is 5.84. The van der Waals surface area contributed by atoms with Crippen LogP contribution in [0.2, 0.25) is 5.02 Å². The van der Waals surface area contributed by atoms with Crippen molar-refractivity contribution in [1.29, 1.82) is 5.26 Å². The highest BCUT2D eigenvalue weighted by Gasteiger charge is 2.46. The summed E-state index contributed by atoms with van der Waals surface area (Å²) in [6.07, 6.45) is 5.37. The van der Waals surface area contributed by atoms with Crippen molar-refractivity contribution in [3.05, 3.63) is 47.0 Å². The molecule has 2 aliphatic heterocycles. The van der Waals surface area contributed by atoms with E-state index in [0.717, 1.165) is 24.8 Å². The largest absolute Gasteiger partial charge is 0.347 e. The highest BCUT2D eigenvalue weighted by molar-refractivity contribution is 6.34. The van der Waals surface area contributed by atoms with Crippen molar-refractivity contribution in [3.8, 4) is 17.5 Å². The summed E-state index contributed by atoms with van der Waals surface area (Å²) in [7, 11) is 1.70. The maximum absolute atomic E-state index is 12.8. The predicted octanol–water partition coefficient (Wildman–Crippen LogP) is 3.59. The minimum Gasteiger partial charge on any atom is -0.347 e. The average Bonchev–Trinajstić information content (AvgIpc) is 3.34. The minimum absolute atomic E-state index is 0.0229. The minimum atomic E-state index is -0.234. The Bertz CT molecular complexity index is 1070. The third-order valence-corrected chi connectivity index (χ3v) is 6.55. The highest BCUT2D eigenvalue weighted by atomic mass is 35.5. The molecule has 1 N–H and O–H groups in total. The van der Waals surface area contributed by atoms with Gasteiger partial charge in [0.25, 0.3) is 5.91 Å². The van der Waals surface area contributed by atoms with Gasteiger partial charge in [0.2, 0.25) is 5.91 Å². The number of nitrogens with one attached hydrogen (secondary N) is 1. The van der Waals surface area contributed by atoms with Crippen LogP contribution in [0.3, 0.4) is 0 Å². The van der Waals surface area contributed by atoms with Gasteiger partial charge in [0.15, 0.2) is 6.19 Å². The molecule has 160 valence electrons. The van der Waals surface area contributed by atoms with Crippen molar-refractivity contribution in [2.45, 2.75) is 50.7 Å². The number of hydrogen-bond donors (Lipinski definition) is 1. The SMILES string of the molecule is CCC(=O)N(C)c1cccc(-c2ccc(C(=O)N[C@@H]3C[C@@H]4CC[C@H]3N4C#N)c(Cl)c2)n1. The number of pyridine rings is 1. The van der Waals surface area contributed by atoms with E-state index in [-0.39, 0.29) is 29.9 Å². The molecule has 31 heavy (non-hydrogen) atoms. The smallest absolute Gasteiger partial charge is 0.253 e. The van der Waals surface area contributed by atoms with E-state index in [9.17, 15) is 14.9 Å². The summed E-state index contributed by atoms with van der Waals surface area (Å²) >= 11 is 6.45. The van der Waals surface area contributed by atoms with Gasteiger partial charge in [-0.1, -0.05) is 30.7 Å². The number of nitriles is 1. The number of hydrogen-bond acceptors (Lipinski definition) is 5. The molecule has 2 bridgehead atoms. The number of anilines is 1. The van der Waals surface area contributed by atoms with Gasteiger partial charge in [0.05, 0.1) is 28.4 Å². The van der Waals surface area contributed by atoms with Crippen molar-refractivity contribution in [2.75, 3.05) is 11.9 Å². The molecular formula is C23H24ClN5O2. The first-order chi connectivity index (χ1) is 14.9. The summed E-state index contributed by atoms with van der Waals surface area (Å²) in [4.78, 5) is 32.7. The number of rotatable bonds is 5. The Hall–Kier alpha value is -3.11. The van der Waals surface area contributed by atoms with Gasteiger partial charge in [0, 0.05) is 25.1 Å². The van der Waals surface area contributed by atoms with Crippen LogP contribution in [0.25, 0.3) is 11.3 Å². The fraction of sp³-hybridized carbons (Fsp3) is 0.391. The maximum Gasteiger partial charge on any atom is 0.253 e. The molecule has 2 saturated heterocycles. The van der Waals surface area contributed by atoms with Crippen molar-refractivity contribution in [3.63, 3.8) is 0 Å². The summed E-state index contributed by atoms with van der Waals surface area (Å²) in [5, 5.41) is 12.7. The molecule has 4 rings (SSSR count). The molecular weight excluding hydrogens is 414 g/mol. The summed E-state index contributed by atoms with van der Waals surface area (Å²) < 4.78 is 0. The lowest BCUT2D eigenvalue weighted by Gasteiger charge is -2.22. The van der Waals surface area contributed by atoms with E-state index in [1.165, 1.54) is 4.90 Å². The molecule has 0 spiro atoms. The number of amides is 2. The first-order valence-electron chi connectivity index (χ1n) is 10.5. The van der Waals surface area contributed by atoms with Crippen LogP contribution in [0.15, 0.2) is 36.4 Å². The molecule has 1 aromatic carbocycles. The third-order valence-electron chi connectivity index (χ3n) is 6.23. The van der Waals surface area contributed by atoms with Crippen LogP contribution >= 0.6 is 11.6 Å². The number of aromatic nitrogens is 1. The van der Waals surface area contributed by atoms with E-state index in [2.05, 4.69) is 16.5 Å². The number of nitrogens with zero attached hydrogens (tertiary/aromatic N) is 4. The zero-order valence-electron chi connectivity index (χ0n) is 17.5. The molecule has 0 aliphatic carbocycles. The fourth-order valence-corrected chi connectivity index (χ4v) is 4.81. The van der Waals surface area contributed by atoms with Crippen molar-refractivity contribution >= 4 is 29.2 Å². The first kappa shape index (κ1) is 21.1. The highest BCUT2D eigenvalue weighted by Crippen LogP contribution is 2.37. The van der Waals surface area contributed by atoms with Crippen molar-refractivity contribution < 1.29 is 9.59 Å². The molecule has 2 amide bonds. The Morgan fingerprint density at radius 3 is 2.81 bits per heavy atom. The molecule has 1 aromatic heterocycles. The quantitative estimate of drug-likeness (QED) is 0.722. The molecule has 8 heteroatoms. The van der Waals surface area contributed by atoms with Crippen LogP contribution in [0, 0.1) is 11.5 Å². The number of fused-ring (bicyclic) bond motifs is 2. The van der Waals surface area contributed by atoms with E-state index in [0.29, 0.717) is 28.5 Å². The average molecular weight is 438 g/mol. The van der Waals surface area contributed by atoms with Gasteiger partial charge >= 0.3 is 0 Å². The maximum atomic E-state index is 12.8. The Morgan fingerprint density at radius 2 is 2.13 bits per heavy atom. The van der Waals surface area contributed by atoms with E-state index >= 15 is 0 Å². The Balaban J connectivity index is 1.51. The van der Waals surface area contributed by atoms with E-state index in [1.54, 1.807) is 38.2 Å². The Labute approximate surface area is 186 Å². The predicted molar refractivity (Wildman–Crippen MR) is 119 cm³/mol. The van der Waals surface area contributed by atoms with Gasteiger partial charge < -0.3 is 10.2 Å². The molecule has 0 radical (unpaired) electrons. The lowest BCUT2D eigenvalue weighted by atomic mass is 9.95. The van der Waals surface area contributed by atoms with Gasteiger partial charge in [-0.05, 0) is 43.5 Å². The second-order valence-corrected chi connectivity index (χ2v) is 8.41. The van der Waals surface area contributed by atoms with Crippen LogP contribution in [0.5, 0.6) is 0 Å². The topological polar surface area (TPSA) is 89.3 Å². The summed E-state index contributed by atoms with van der Waals surface area (Å²) in [6.45, 7) is 1.81. The molecule has 3 atom stereocenters. The Morgan fingerprint density at radius 1 is 1.32 bits per heavy atom. The van der Waals surface area contributed by atoms with E-state index in [4.69, 9.17) is 11.6 Å². The number of carbonyl (C=O) groups excluding carboxylic acids is 2. The van der Waals surface area contributed by atoms with E-state index in [1.807, 2.05) is 17.0 Å². The number of benzene rings is 1. The first-order valence-corrected chi connectivity index (χ1v) is 10.8. The lowest BCUT2D eigenvalue weighted by molar-refractivity contribution is -0.118. The number of halogens is 1. The van der Waals surface area contributed by atoms with Crippen LogP contribution in [0.4, 0.5) is 5.82 Å². The lowest BCUT2D eigenvalue weighted by Crippen LogP contribution is -2.43. The molecule has 0 unspecified atom stereocenters. The van der Waals surface area contributed by atoms with Crippen LogP contribution < -0.4 is 10.2 Å². The molecule has 2 aliphatic rings. The van der Waals surface area contributed by atoms with Gasteiger partial charge in [-0.25, -0.2) is 4.98 Å². The van der Waals surface area contributed by atoms with Crippen LogP contribution in [-0.4, -0.2) is 46.9 Å². The van der Waals surface area contributed by atoms with Gasteiger partial charge in [-0.15, -0.1) is 0 Å². The molecule has 7 nitrogen and oxygen atoms in total. The van der Waals surface area contributed by atoms with Crippen LogP contribution in [0.1, 0.15) is 43.0 Å². The standard InChI is InChI=1S/C23H24ClN5O2/c1-3-22(30)28(2)21-6-4-5-18(26-21)14-7-9-16(17(24)11-14)23(31)27-19-12-15-8-10-20(19)29(15)13-25/h4-7,9,11,15,19-20H,3,8,10,12H2,1-2H3,(H,27,31)/t15-,19+,20+/m0/s1. The van der Waals surface area contributed by atoms with Gasteiger partial charge in [0.1, 0.15) is 5.82 Å². The normalized spacial score (nSPS) is 21.6. The second kappa shape index (κ2) is 8.56. The van der Waals surface area contributed by atoms with Gasteiger partial charge in [-0.3, -0.25) is 14.5 Å². The van der Waals surface area contributed by atoms with E-state index < -0.39 is 0 Å². The summed E-state index contributed by atoms with van der Waals surface area (Å²) in [5.41, 5.74) is 1.82. The fourth-order valence-electron chi connectivity index (χ4n) is 4.54. The number of carbonyl (C=O) groups is 2. The zero-order valence-corrected chi connectivity index (χ0v) is 18.3. The van der Waals surface area contributed by atoms with Gasteiger partial charge in [-0.2, -0.15) is 5.26 Å². The van der Waals surface area contributed by atoms with Crippen LogP contribution in [-0.2, 0) is 4.79 Å². The molecule has 2 fully saturated rings.